The normalized spacial score (nSPS) is 16.2. The van der Waals surface area contributed by atoms with E-state index in [1.807, 2.05) is 62.4 Å². The van der Waals surface area contributed by atoms with Gasteiger partial charge >= 0.3 is 0 Å². The molecular formula is C24H27N9O. The van der Waals surface area contributed by atoms with Crippen LogP contribution in [0, 0.1) is 5.92 Å². The number of hydrogen-bond acceptors (Lipinski definition) is 7. The van der Waals surface area contributed by atoms with E-state index in [0.29, 0.717) is 18.1 Å². The first-order valence-corrected chi connectivity index (χ1v) is 11.2. The molecule has 4 N–H and O–H groups in total. The van der Waals surface area contributed by atoms with E-state index in [2.05, 4.69) is 30.5 Å². The highest BCUT2D eigenvalue weighted by Gasteiger charge is 2.22. The number of aromatic amines is 1. The van der Waals surface area contributed by atoms with Crippen molar-refractivity contribution in [3.05, 3.63) is 48.4 Å². The number of imidazole rings is 1. The molecule has 1 aliphatic rings. The van der Waals surface area contributed by atoms with Gasteiger partial charge in [0.2, 0.25) is 5.91 Å². The van der Waals surface area contributed by atoms with Crippen LogP contribution >= 0.6 is 0 Å². The van der Waals surface area contributed by atoms with E-state index in [-0.39, 0.29) is 11.8 Å². The van der Waals surface area contributed by atoms with E-state index in [4.69, 9.17) is 10.7 Å². The van der Waals surface area contributed by atoms with Crippen molar-refractivity contribution >= 4 is 28.5 Å². The average Bonchev–Trinajstić information content (AvgIpc) is 3.44. The van der Waals surface area contributed by atoms with Gasteiger partial charge in [-0.1, -0.05) is 13.0 Å². The number of carbonyl (C=O) groups is 1. The van der Waals surface area contributed by atoms with Gasteiger partial charge in [0.1, 0.15) is 11.6 Å². The number of hydrazone groups is 1. The molecule has 1 amide bonds. The number of likely N-dealkylation sites (N-methyl/N-ethyl adjacent to an activating group) is 1. The van der Waals surface area contributed by atoms with Crippen molar-refractivity contribution in [2.45, 2.75) is 19.9 Å². The molecule has 1 unspecified atom stereocenters. The topological polar surface area (TPSA) is 130 Å². The fraction of sp³-hybridized carbons (Fsp3) is 0.292. The SMILES string of the molecule is CC1CC(=O)NN=C1c1ccc2[nH]c(-c3cc(-c4cnn(CCN(C)C)c4)cnc3N)nc2c1. The van der Waals surface area contributed by atoms with Gasteiger partial charge in [0.25, 0.3) is 0 Å². The molecule has 0 aliphatic carbocycles. The largest absolute Gasteiger partial charge is 0.383 e. The minimum atomic E-state index is -0.0644. The summed E-state index contributed by atoms with van der Waals surface area (Å²) in [4.78, 5) is 26.2. The third-order valence-corrected chi connectivity index (χ3v) is 5.95. The van der Waals surface area contributed by atoms with Crippen LogP contribution in [0.5, 0.6) is 0 Å². The molecule has 0 spiro atoms. The molecule has 0 bridgehead atoms. The van der Waals surface area contributed by atoms with Crippen LogP contribution in [-0.4, -0.2) is 61.9 Å². The third kappa shape index (κ3) is 4.27. The summed E-state index contributed by atoms with van der Waals surface area (Å²) in [7, 11) is 4.08. The maximum Gasteiger partial charge on any atom is 0.240 e. The Morgan fingerprint density at radius 2 is 2.03 bits per heavy atom. The first-order chi connectivity index (χ1) is 16.4. The highest BCUT2D eigenvalue weighted by molar-refractivity contribution is 6.07. The summed E-state index contributed by atoms with van der Waals surface area (Å²) in [5.74, 6) is 1.02. The standard InChI is InChI=1S/C24H27N9O/c1-14-8-21(34)30-31-22(14)15-4-5-19-20(10-15)29-24(28-19)18-9-16(11-26-23(18)25)17-12-27-33(13-17)7-6-32(2)3/h4-5,9-14H,6-8H2,1-3H3,(H2,25,26)(H,28,29)(H,30,34). The average molecular weight is 458 g/mol. The number of aromatic nitrogens is 5. The van der Waals surface area contributed by atoms with Crippen molar-refractivity contribution in [2.24, 2.45) is 11.0 Å². The molecule has 1 aliphatic heterocycles. The Kier molecular flexibility index (Phi) is 5.58. The summed E-state index contributed by atoms with van der Waals surface area (Å²) >= 11 is 0. The van der Waals surface area contributed by atoms with Gasteiger partial charge in [-0.05, 0) is 32.3 Å². The Morgan fingerprint density at radius 1 is 1.18 bits per heavy atom. The number of benzene rings is 1. The lowest BCUT2D eigenvalue weighted by Gasteiger charge is -2.18. The zero-order valence-electron chi connectivity index (χ0n) is 19.4. The van der Waals surface area contributed by atoms with E-state index >= 15 is 0 Å². The van der Waals surface area contributed by atoms with E-state index in [1.54, 1.807) is 6.20 Å². The summed E-state index contributed by atoms with van der Waals surface area (Å²) in [6.45, 7) is 3.71. The van der Waals surface area contributed by atoms with Crippen molar-refractivity contribution in [3.8, 4) is 22.5 Å². The lowest BCUT2D eigenvalue weighted by Crippen LogP contribution is -2.31. The number of H-pyrrole nitrogens is 1. The van der Waals surface area contributed by atoms with Gasteiger partial charge in [0.15, 0.2) is 0 Å². The maximum atomic E-state index is 11.6. The van der Waals surface area contributed by atoms with Crippen molar-refractivity contribution in [2.75, 3.05) is 26.4 Å². The molecule has 3 aromatic heterocycles. The number of nitrogens with two attached hydrogens (primary N) is 1. The molecule has 10 heteroatoms. The predicted molar refractivity (Wildman–Crippen MR) is 132 cm³/mol. The molecule has 0 saturated carbocycles. The summed E-state index contributed by atoms with van der Waals surface area (Å²) < 4.78 is 1.92. The Hall–Kier alpha value is -4.05. The van der Waals surface area contributed by atoms with Gasteiger partial charge in [0.05, 0.1) is 35.1 Å². The number of hydrogen-bond donors (Lipinski definition) is 3. The number of rotatable bonds is 6. The quantitative estimate of drug-likeness (QED) is 0.408. The van der Waals surface area contributed by atoms with Crippen LogP contribution in [0.4, 0.5) is 5.82 Å². The van der Waals surface area contributed by atoms with E-state index in [0.717, 1.165) is 52.1 Å². The van der Waals surface area contributed by atoms with Crippen LogP contribution in [0.3, 0.4) is 0 Å². The van der Waals surface area contributed by atoms with Gasteiger partial charge in [-0.15, -0.1) is 0 Å². The number of nitrogens with zero attached hydrogens (tertiary/aromatic N) is 6. The molecule has 1 aromatic carbocycles. The summed E-state index contributed by atoms with van der Waals surface area (Å²) in [6.07, 6.45) is 6.02. The Morgan fingerprint density at radius 3 is 2.82 bits per heavy atom. The van der Waals surface area contributed by atoms with E-state index in [1.165, 1.54) is 0 Å². The van der Waals surface area contributed by atoms with Crippen LogP contribution < -0.4 is 11.2 Å². The molecule has 34 heavy (non-hydrogen) atoms. The molecule has 1 atom stereocenters. The van der Waals surface area contributed by atoms with Crippen molar-refractivity contribution in [1.82, 2.24) is 35.1 Å². The molecule has 10 nitrogen and oxygen atoms in total. The highest BCUT2D eigenvalue weighted by Crippen LogP contribution is 2.30. The van der Waals surface area contributed by atoms with Crippen LogP contribution in [0.1, 0.15) is 18.9 Å². The minimum Gasteiger partial charge on any atom is -0.383 e. The lowest BCUT2D eigenvalue weighted by atomic mass is 9.94. The number of nitrogens with one attached hydrogen (secondary N) is 2. The van der Waals surface area contributed by atoms with E-state index in [9.17, 15) is 4.79 Å². The van der Waals surface area contributed by atoms with Gasteiger partial charge < -0.3 is 15.6 Å². The fourth-order valence-electron chi connectivity index (χ4n) is 4.06. The molecular weight excluding hydrogens is 430 g/mol. The second kappa shape index (κ2) is 8.71. The Bertz CT molecular complexity index is 1400. The maximum absolute atomic E-state index is 11.6. The van der Waals surface area contributed by atoms with Gasteiger partial charge in [0, 0.05) is 48.0 Å². The lowest BCUT2D eigenvalue weighted by molar-refractivity contribution is -0.121. The van der Waals surface area contributed by atoms with Gasteiger partial charge in [-0.2, -0.15) is 10.2 Å². The number of carbonyl (C=O) groups excluding carboxylic acids is 1. The molecule has 5 rings (SSSR count). The first-order valence-electron chi connectivity index (χ1n) is 11.2. The summed E-state index contributed by atoms with van der Waals surface area (Å²) in [6, 6.07) is 7.91. The minimum absolute atomic E-state index is 0.0415. The second-order valence-electron chi connectivity index (χ2n) is 8.91. The monoisotopic (exact) mass is 457 g/mol. The Labute approximate surface area is 196 Å². The fourth-order valence-corrected chi connectivity index (χ4v) is 4.06. The highest BCUT2D eigenvalue weighted by atomic mass is 16.2. The van der Waals surface area contributed by atoms with Crippen LogP contribution in [-0.2, 0) is 11.3 Å². The molecule has 0 saturated heterocycles. The van der Waals surface area contributed by atoms with Crippen LogP contribution in [0.25, 0.3) is 33.5 Å². The molecule has 0 radical (unpaired) electrons. The zero-order chi connectivity index (χ0) is 23.8. The summed E-state index contributed by atoms with van der Waals surface area (Å²) in [5.41, 5.74) is 14.9. The predicted octanol–water partition coefficient (Wildman–Crippen LogP) is 2.49. The number of pyridine rings is 1. The molecule has 4 heterocycles. The number of amides is 1. The number of anilines is 1. The van der Waals surface area contributed by atoms with Crippen molar-refractivity contribution in [3.63, 3.8) is 0 Å². The number of fused-ring (bicyclic) bond motifs is 1. The van der Waals surface area contributed by atoms with Crippen molar-refractivity contribution < 1.29 is 4.79 Å². The van der Waals surface area contributed by atoms with Gasteiger partial charge in [-0.25, -0.2) is 15.4 Å². The Balaban J connectivity index is 1.46. The van der Waals surface area contributed by atoms with E-state index < -0.39 is 0 Å². The van der Waals surface area contributed by atoms with Crippen LogP contribution in [0.15, 0.2) is 48.0 Å². The summed E-state index contributed by atoms with van der Waals surface area (Å²) in [5, 5.41) is 8.72. The smallest absolute Gasteiger partial charge is 0.240 e. The zero-order valence-corrected chi connectivity index (χ0v) is 19.4. The third-order valence-electron chi connectivity index (χ3n) is 5.95. The molecule has 174 valence electrons. The molecule has 4 aromatic rings. The number of nitrogen functional groups attached to an aromatic ring is 1. The first kappa shape index (κ1) is 21.8. The molecule has 0 fully saturated rings. The van der Waals surface area contributed by atoms with Crippen LogP contribution in [0.2, 0.25) is 0 Å². The van der Waals surface area contributed by atoms with Crippen molar-refractivity contribution in [1.29, 1.82) is 0 Å². The second-order valence-corrected chi connectivity index (χ2v) is 8.91. The van der Waals surface area contributed by atoms with Gasteiger partial charge in [-0.3, -0.25) is 9.48 Å².